The number of nitrogens with zero attached hydrogens (tertiary/aromatic N) is 2. The van der Waals surface area contributed by atoms with Gasteiger partial charge in [-0.1, -0.05) is 36.8 Å². The molecule has 1 N–H and O–H groups in total. The van der Waals surface area contributed by atoms with E-state index in [1.54, 1.807) is 11.3 Å². The van der Waals surface area contributed by atoms with Crippen molar-refractivity contribution in [1.82, 2.24) is 15.5 Å². The monoisotopic (exact) mass is 289 g/mol. The Hall–Kier alpha value is -1.26. The molecule has 0 aliphatic carbocycles. The molecule has 20 heavy (non-hydrogen) atoms. The molecule has 0 bridgehead atoms. The molecule has 0 amide bonds. The fraction of sp³-hybridized carbons (Fsp3) is 0.500. The van der Waals surface area contributed by atoms with Crippen molar-refractivity contribution in [2.45, 2.75) is 39.5 Å². The van der Waals surface area contributed by atoms with Gasteiger partial charge in [-0.25, -0.2) is 0 Å². The summed E-state index contributed by atoms with van der Waals surface area (Å²) in [7, 11) is 0. The SMILES string of the molecule is CCCNCCCc1nnc(Cc2cccc(C)c2)s1. The molecule has 108 valence electrons. The smallest absolute Gasteiger partial charge is 0.121 e. The number of hydrogen-bond acceptors (Lipinski definition) is 4. The summed E-state index contributed by atoms with van der Waals surface area (Å²) < 4.78 is 0. The van der Waals surface area contributed by atoms with Gasteiger partial charge in [0.15, 0.2) is 0 Å². The number of benzene rings is 1. The van der Waals surface area contributed by atoms with Gasteiger partial charge < -0.3 is 5.32 Å². The Kier molecular flexibility index (Phi) is 6.15. The van der Waals surface area contributed by atoms with Crippen molar-refractivity contribution in [3.63, 3.8) is 0 Å². The van der Waals surface area contributed by atoms with E-state index < -0.39 is 0 Å². The highest BCUT2D eigenvalue weighted by Crippen LogP contribution is 2.16. The van der Waals surface area contributed by atoms with Crippen LogP contribution in [0.5, 0.6) is 0 Å². The first-order chi connectivity index (χ1) is 9.78. The van der Waals surface area contributed by atoms with E-state index >= 15 is 0 Å². The molecular weight excluding hydrogens is 266 g/mol. The number of aryl methyl sites for hydroxylation is 2. The van der Waals surface area contributed by atoms with E-state index in [4.69, 9.17) is 0 Å². The fourth-order valence-corrected chi connectivity index (χ4v) is 3.04. The van der Waals surface area contributed by atoms with E-state index in [-0.39, 0.29) is 0 Å². The van der Waals surface area contributed by atoms with Crippen molar-refractivity contribution in [1.29, 1.82) is 0 Å². The van der Waals surface area contributed by atoms with Gasteiger partial charge in [0.1, 0.15) is 10.0 Å². The van der Waals surface area contributed by atoms with Gasteiger partial charge in [0.25, 0.3) is 0 Å². The second kappa shape index (κ2) is 8.12. The lowest BCUT2D eigenvalue weighted by atomic mass is 10.1. The van der Waals surface area contributed by atoms with E-state index in [2.05, 4.69) is 53.6 Å². The molecule has 0 aliphatic rings. The summed E-state index contributed by atoms with van der Waals surface area (Å²) in [5.41, 5.74) is 2.62. The highest BCUT2D eigenvalue weighted by atomic mass is 32.1. The van der Waals surface area contributed by atoms with Crippen LogP contribution in [0.1, 0.15) is 40.9 Å². The normalized spacial score (nSPS) is 10.9. The molecule has 0 aliphatic heterocycles. The summed E-state index contributed by atoms with van der Waals surface area (Å²) in [5, 5.41) is 14.3. The molecule has 1 aromatic carbocycles. The third kappa shape index (κ3) is 5.02. The molecule has 0 fully saturated rings. The predicted octanol–water partition coefficient (Wildman–Crippen LogP) is 3.37. The first-order valence-electron chi connectivity index (χ1n) is 7.35. The maximum absolute atomic E-state index is 4.30. The average Bonchev–Trinajstić information content (AvgIpc) is 2.86. The predicted molar refractivity (Wildman–Crippen MR) is 85.4 cm³/mol. The van der Waals surface area contributed by atoms with E-state index in [1.165, 1.54) is 17.5 Å². The van der Waals surface area contributed by atoms with Crippen molar-refractivity contribution in [2.75, 3.05) is 13.1 Å². The Labute approximate surface area is 125 Å². The third-order valence-corrected chi connectivity index (χ3v) is 4.10. The Bertz CT molecular complexity index is 522. The van der Waals surface area contributed by atoms with E-state index in [0.717, 1.165) is 42.4 Å². The van der Waals surface area contributed by atoms with Crippen molar-refractivity contribution in [3.05, 3.63) is 45.4 Å². The van der Waals surface area contributed by atoms with Gasteiger partial charge in [-0.05, 0) is 38.4 Å². The Balaban J connectivity index is 1.80. The second-order valence-electron chi connectivity index (χ2n) is 5.11. The van der Waals surface area contributed by atoms with Crippen LogP contribution in [0.4, 0.5) is 0 Å². The van der Waals surface area contributed by atoms with Crippen LogP contribution in [0.15, 0.2) is 24.3 Å². The quantitative estimate of drug-likeness (QED) is 0.757. The minimum atomic E-state index is 0.896. The van der Waals surface area contributed by atoms with Gasteiger partial charge in [0.2, 0.25) is 0 Å². The van der Waals surface area contributed by atoms with Crippen LogP contribution in [0.25, 0.3) is 0 Å². The van der Waals surface area contributed by atoms with E-state index in [0.29, 0.717) is 0 Å². The summed E-state index contributed by atoms with van der Waals surface area (Å²) in [6.07, 6.45) is 4.26. The molecule has 0 radical (unpaired) electrons. The van der Waals surface area contributed by atoms with Gasteiger partial charge in [-0.2, -0.15) is 0 Å². The molecule has 0 atom stereocenters. The minimum absolute atomic E-state index is 0.896. The minimum Gasteiger partial charge on any atom is -0.317 e. The first kappa shape index (κ1) is 15.1. The highest BCUT2D eigenvalue weighted by molar-refractivity contribution is 7.11. The lowest BCUT2D eigenvalue weighted by Crippen LogP contribution is -2.16. The largest absolute Gasteiger partial charge is 0.317 e. The van der Waals surface area contributed by atoms with Crippen LogP contribution in [-0.2, 0) is 12.8 Å². The number of aromatic nitrogens is 2. The van der Waals surface area contributed by atoms with Crippen LogP contribution in [0.2, 0.25) is 0 Å². The molecule has 3 nitrogen and oxygen atoms in total. The first-order valence-corrected chi connectivity index (χ1v) is 8.17. The van der Waals surface area contributed by atoms with Gasteiger partial charge in [-0.3, -0.25) is 0 Å². The molecule has 0 unspecified atom stereocenters. The summed E-state index contributed by atoms with van der Waals surface area (Å²) in [4.78, 5) is 0. The zero-order chi connectivity index (χ0) is 14.2. The summed E-state index contributed by atoms with van der Waals surface area (Å²) in [6.45, 7) is 6.49. The van der Waals surface area contributed by atoms with Gasteiger partial charge in [0, 0.05) is 12.8 Å². The molecule has 4 heteroatoms. The van der Waals surface area contributed by atoms with E-state index in [9.17, 15) is 0 Å². The summed E-state index contributed by atoms with van der Waals surface area (Å²) >= 11 is 1.75. The fourth-order valence-electron chi connectivity index (χ4n) is 2.12. The van der Waals surface area contributed by atoms with Crippen molar-refractivity contribution in [3.8, 4) is 0 Å². The zero-order valence-electron chi connectivity index (χ0n) is 12.4. The van der Waals surface area contributed by atoms with Crippen LogP contribution in [-0.4, -0.2) is 23.3 Å². The van der Waals surface area contributed by atoms with Gasteiger partial charge in [0.05, 0.1) is 0 Å². The number of rotatable bonds is 8. The maximum Gasteiger partial charge on any atom is 0.121 e. The lowest BCUT2D eigenvalue weighted by Gasteiger charge is -2.00. The van der Waals surface area contributed by atoms with Gasteiger partial charge in [-0.15, -0.1) is 21.5 Å². The van der Waals surface area contributed by atoms with Crippen LogP contribution in [0.3, 0.4) is 0 Å². The van der Waals surface area contributed by atoms with Crippen molar-refractivity contribution in [2.24, 2.45) is 0 Å². The van der Waals surface area contributed by atoms with Gasteiger partial charge >= 0.3 is 0 Å². The molecule has 2 aromatic rings. The van der Waals surface area contributed by atoms with Crippen LogP contribution < -0.4 is 5.32 Å². The molecule has 0 saturated carbocycles. The number of hydrogen-bond donors (Lipinski definition) is 1. The Morgan fingerprint density at radius 3 is 2.80 bits per heavy atom. The summed E-state index contributed by atoms with van der Waals surface area (Å²) in [6, 6.07) is 8.60. The molecule has 1 heterocycles. The maximum atomic E-state index is 4.30. The zero-order valence-corrected chi connectivity index (χ0v) is 13.2. The lowest BCUT2D eigenvalue weighted by molar-refractivity contribution is 0.637. The number of nitrogens with one attached hydrogen (secondary N) is 1. The Morgan fingerprint density at radius 1 is 1.15 bits per heavy atom. The second-order valence-corrected chi connectivity index (χ2v) is 6.26. The molecule has 0 spiro atoms. The topological polar surface area (TPSA) is 37.8 Å². The van der Waals surface area contributed by atoms with Crippen LogP contribution >= 0.6 is 11.3 Å². The van der Waals surface area contributed by atoms with E-state index in [1.807, 2.05) is 0 Å². The highest BCUT2D eigenvalue weighted by Gasteiger charge is 2.05. The van der Waals surface area contributed by atoms with Crippen molar-refractivity contribution >= 4 is 11.3 Å². The van der Waals surface area contributed by atoms with Crippen LogP contribution in [0, 0.1) is 6.92 Å². The standard InChI is InChI=1S/C16H23N3S/c1-3-9-17-10-5-8-15-18-19-16(20-15)12-14-7-4-6-13(2)11-14/h4,6-7,11,17H,3,5,8-10,12H2,1-2H3. The average molecular weight is 289 g/mol. The molecule has 1 aromatic heterocycles. The summed E-state index contributed by atoms with van der Waals surface area (Å²) in [5.74, 6) is 0. The molecule has 0 saturated heterocycles. The molecule has 2 rings (SSSR count). The third-order valence-electron chi connectivity index (χ3n) is 3.12. The Morgan fingerprint density at radius 2 is 2.00 bits per heavy atom. The molecular formula is C16H23N3S. The van der Waals surface area contributed by atoms with Crippen molar-refractivity contribution < 1.29 is 0 Å².